The maximum absolute atomic E-state index is 4.16. The van der Waals surface area contributed by atoms with Crippen LogP contribution in [0.25, 0.3) is 5.57 Å². The number of hydrogen-bond acceptors (Lipinski definition) is 2. The topological polar surface area (TPSA) is 40.7 Å². The van der Waals surface area contributed by atoms with E-state index in [1.807, 2.05) is 32.1 Å². The summed E-state index contributed by atoms with van der Waals surface area (Å²) >= 11 is 0. The van der Waals surface area contributed by atoms with E-state index in [1.165, 1.54) is 0 Å². The molecule has 1 aliphatic rings. The van der Waals surface area contributed by atoms with Crippen LogP contribution in [-0.2, 0) is 0 Å². The van der Waals surface area contributed by atoms with Crippen molar-refractivity contribution >= 4 is 11.3 Å². The summed E-state index contributed by atoms with van der Waals surface area (Å²) in [6, 6.07) is 0. The van der Waals surface area contributed by atoms with Crippen LogP contribution in [0.1, 0.15) is 26.0 Å². The smallest absolute Gasteiger partial charge is 0.0882 e. The number of hydrogen-bond donors (Lipinski definition) is 2. The molecule has 1 aromatic rings. The summed E-state index contributed by atoms with van der Waals surface area (Å²) < 4.78 is 0. The Bertz CT molecular complexity index is 737. The molecule has 1 aromatic heterocycles. The summed E-state index contributed by atoms with van der Waals surface area (Å²) in [7, 11) is 0. The Morgan fingerprint density at radius 2 is 2.17 bits per heavy atom. The first kappa shape index (κ1) is 16.6. The number of nitrogens with zero attached hydrogens (tertiary/aromatic N) is 1. The third kappa shape index (κ3) is 4.58. The number of H-pyrrole nitrogens is 1. The van der Waals surface area contributed by atoms with Crippen molar-refractivity contribution in [1.82, 2.24) is 10.2 Å². The predicted octanol–water partition coefficient (Wildman–Crippen LogP) is 5.31. The van der Waals surface area contributed by atoms with Gasteiger partial charge in [0.25, 0.3) is 0 Å². The van der Waals surface area contributed by atoms with E-state index in [-0.39, 0.29) is 0 Å². The van der Waals surface area contributed by atoms with E-state index in [1.54, 1.807) is 12.3 Å². The highest BCUT2D eigenvalue weighted by atomic mass is 15.1. The van der Waals surface area contributed by atoms with Crippen molar-refractivity contribution in [2.24, 2.45) is 0 Å². The average Bonchev–Trinajstić information content (AvgIpc) is 2.80. The van der Waals surface area contributed by atoms with Gasteiger partial charge in [0.2, 0.25) is 0 Å². The van der Waals surface area contributed by atoms with Crippen LogP contribution in [0.5, 0.6) is 0 Å². The van der Waals surface area contributed by atoms with Crippen molar-refractivity contribution in [3.05, 3.63) is 90.5 Å². The van der Waals surface area contributed by atoms with Crippen molar-refractivity contribution in [3.63, 3.8) is 0 Å². The van der Waals surface area contributed by atoms with Crippen LogP contribution in [0.3, 0.4) is 0 Å². The van der Waals surface area contributed by atoms with Crippen molar-refractivity contribution in [1.29, 1.82) is 0 Å². The number of aromatic amines is 1. The summed E-state index contributed by atoms with van der Waals surface area (Å²) in [4.78, 5) is 0. The largest absolute Gasteiger partial charge is 0.353 e. The first-order chi connectivity index (χ1) is 11.1. The standard InChI is InChI=1S/C20H23N3/c1-5-10-15(2)13-16(3)17(4)22-19-14-21-23-20(19)18-11-8-6-7-9-12-18/h5-8,10-14,22H,1,4,9H2,2-3H3,(H,21,23)/b15-10-,16-13+. The molecule has 23 heavy (non-hydrogen) atoms. The molecule has 1 aliphatic carbocycles. The molecule has 1 heterocycles. The number of anilines is 1. The first-order valence-electron chi connectivity index (χ1n) is 7.63. The van der Waals surface area contributed by atoms with Crippen molar-refractivity contribution in [2.75, 3.05) is 5.32 Å². The number of rotatable bonds is 6. The third-order valence-corrected chi connectivity index (χ3v) is 3.51. The third-order valence-electron chi connectivity index (χ3n) is 3.51. The predicted molar refractivity (Wildman–Crippen MR) is 99.9 cm³/mol. The molecule has 0 spiro atoms. The Hall–Kier alpha value is -2.81. The van der Waals surface area contributed by atoms with E-state index < -0.39 is 0 Å². The van der Waals surface area contributed by atoms with E-state index in [0.717, 1.165) is 40.2 Å². The molecular formula is C20H23N3. The number of allylic oxidation sites excluding steroid dienone is 11. The second-order valence-electron chi connectivity index (χ2n) is 5.42. The van der Waals surface area contributed by atoms with E-state index in [4.69, 9.17) is 0 Å². The van der Waals surface area contributed by atoms with E-state index >= 15 is 0 Å². The molecular weight excluding hydrogens is 282 g/mol. The fourth-order valence-corrected chi connectivity index (χ4v) is 2.29. The molecule has 0 amide bonds. The monoisotopic (exact) mass is 305 g/mol. The van der Waals surface area contributed by atoms with Gasteiger partial charge in [0.1, 0.15) is 0 Å². The molecule has 3 nitrogen and oxygen atoms in total. The van der Waals surface area contributed by atoms with Gasteiger partial charge in [-0.25, -0.2) is 0 Å². The Morgan fingerprint density at radius 1 is 1.35 bits per heavy atom. The number of aromatic nitrogens is 2. The summed E-state index contributed by atoms with van der Waals surface area (Å²) in [5.74, 6) is 0. The molecule has 0 radical (unpaired) electrons. The SMILES string of the molecule is C=C/C=C(C)\C=C(/C)C(=C)Nc1cn[nH]c1C1=CCC=CC=C1. The van der Waals surface area contributed by atoms with Gasteiger partial charge in [-0.15, -0.1) is 0 Å². The maximum Gasteiger partial charge on any atom is 0.0882 e. The minimum atomic E-state index is 0.848. The van der Waals surface area contributed by atoms with Crippen LogP contribution in [0.15, 0.2) is 84.8 Å². The van der Waals surface area contributed by atoms with Gasteiger partial charge in [-0.05, 0) is 31.4 Å². The highest BCUT2D eigenvalue weighted by Crippen LogP contribution is 2.26. The molecule has 0 aromatic carbocycles. The summed E-state index contributed by atoms with van der Waals surface area (Å²) in [6.07, 6.45) is 19.0. The minimum absolute atomic E-state index is 0.848. The van der Waals surface area contributed by atoms with Crippen molar-refractivity contribution < 1.29 is 0 Å². The molecule has 0 fully saturated rings. The van der Waals surface area contributed by atoms with Gasteiger partial charge < -0.3 is 5.32 Å². The molecule has 0 bridgehead atoms. The Morgan fingerprint density at radius 3 is 2.96 bits per heavy atom. The molecule has 118 valence electrons. The quantitative estimate of drug-likeness (QED) is 0.699. The van der Waals surface area contributed by atoms with Crippen LogP contribution in [0.2, 0.25) is 0 Å². The zero-order valence-electron chi connectivity index (χ0n) is 13.8. The lowest BCUT2D eigenvalue weighted by Gasteiger charge is -2.11. The minimum Gasteiger partial charge on any atom is -0.353 e. The Balaban J connectivity index is 2.17. The molecule has 2 rings (SSSR count). The van der Waals surface area contributed by atoms with E-state index in [9.17, 15) is 0 Å². The van der Waals surface area contributed by atoms with Gasteiger partial charge in [0.05, 0.1) is 17.6 Å². The van der Waals surface area contributed by atoms with Crippen LogP contribution >= 0.6 is 0 Å². The van der Waals surface area contributed by atoms with Gasteiger partial charge in [-0.1, -0.05) is 67.3 Å². The average molecular weight is 305 g/mol. The zero-order valence-corrected chi connectivity index (χ0v) is 13.8. The maximum atomic E-state index is 4.16. The van der Waals surface area contributed by atoms with Crippen molar-refractivity contribution in [3.8, 4) is 0 Å². The first-order valence-corrected chi connectivity index (χ1v) is 7.63. The lowest BCUT2D eigenvalue weighted by atomic mass is 10.1. The molecule has 3 heteroatoms. The summed E-state index contributed by atoms with van der Waals surface area (Å²) in [5, 5.41) is 10.6. The second-order valence-corrected chi connectivity index (χ2v) is 5.42. The van der Waals surface area contributed by atoms with Crippen LogP contribution in [0.4, 0.5) is 5.69 Å². The summed E-state index contributed by atoms with van der Waals surface area (Å²) in [5.41, 5.74) is 6.06. The lowest BCUT2D eigenvalue weighted by molar-refractivity contribution is 1.07. The fourth-order valence-electron chi connectivity index (χ4n) is 2.29. The van der Waals surface area contributed by atoms with E-state index in [0.29, 0.717) is 0 Å². The normalized spacial score (nSPS) is 15.1. The highest BCUT2D eigenvalue weighted by Gasteiger charge is 2.10. The van der Waals surface area contributed by atoms with Gasteiger partial charge >= 0.3 is 0 Å². The van der Waals surface area contributed by atoms with Gasteiger partial charge in [0, 0.05) is 5.70 Å². The second kappa shape index (κ2) is 7.99. The van der Waals surface area contributed by atoms with Gasteiger partial charge in [0.15, 0.2) is 0 Å². The molecule has 0 atom stereocenters. The Labute approximate surface area is 138 Å². The Kier molecular flexibility index (Phi) is 5.75. The van der Waals surface area contributed by atoms with Crippen LogP contribution in [-0.4, -0.2) is 10.2 Å². The van der Waals surface area contributed by atoms with Crippen molar-refractivity contribution in [2.45, 2.75) is 20.3 Å². The van der Waals surface area contributed by atoms with Crippen LogP contribution < -0.4 is 5.32 Å². The van der Waals surface area contributed by atoms with E-state index in [2.05, 4.69) is 53.0 Å². The van der Waals surface area contributed by atoms with Gasteiger partial charge in [-0.3, -0.25) is 5.10 Å². The molecule has 0 saturated heterocycles. The highest BCUT2D eigenvalue weighted by molar-refractivity contribution is 5.81. The van der Waals surface area contributed by atoms with Crippen LogP contribution in [0, 0.1) is 0 Å². The molecule has 2 N–H and O–H groups in total. The molecule has 0 unspecified atom stereocenters. The van der Waals surface area contributed by atoms with Gasteiger partial charge in [-0.2, -0.15) is 5.10 Å². The zero-order chi connectivity index (χ0) is 16.7. The lowest BCUT2D eigenvalue weighted by Crippen LogP contribution is -2.01. The number of nitrogens with one attached hydrogen (secondary N) is 2. The molecule has 0 saturated carbocycles. The fraction of sp³-hybridized carbons (Fsp3) is 0.150. The summed E-state index contributed by atoms with van der Waals surface area (Å²) in [6.45, 7) is 11.9. The molecule has 0 aliphatic heterocycles.